The van der Waals surface area contributed by atoms with Crippen LogP contribution in [0.2, 0.25) is 0 Å². The number of nitrogens with zero attached hydrogens (tertiary/aromatic N) is 1. The monoisotopic (exact) mass is 338 g/mol. The number of halogens is 1. The Balaban J connectivity index is 1.46. The fourth-order valence-electron chi connectivity index (χ4n) is 3.94. The van der Waals surface area contributed by atoms with Gasteiger partial charge in [0.1, 0.15) is 5.82 Å². The number of amides is 2. The molecule has 2 aromatic carbocycles. The lowest BCUT2D eigenvalue weighted by Crippen LogP contribution is -2.40. The SMILES string of the molecule is O=C1Nc2ccccc2C1C1CCN(C(=O)c2ccccc2F)CC1. The van der Waals surface area contributed by atoms with Gasteiger partial charge in [0.05, 0.1) is 11.5 Å². The Hall–Kier alpha value is -2.69. The largest absolute Gasteiger partial charge is 0.339 e. The maximum Gasteiger partial charge on any atom is 0.256 e. The van der Waals surface area contributed by atoms with Crippen molar-refractivity contribution >= 4 is 17.5 Å². The highest BCUT2D eigenvalue weighted by atomic mass is 19.1. The van der Waals surface area contributed by atoms with Crippen molar-refractivity contribution in [2.45, 2.75) is 18.8 Å². The maximum absolute atomic E-state index is 13.8. The highest BCUT2D eigenvalue weighted by Gasteiger charge is 2.38. The summed E-state index contributed by atoms with van der Waals surface area (Å²) in [5.41, 5.74) is 2.05. The summed E-state index contributed by atoms with van der Waals surface area (Å²) < 4.78 is 13.8. The van der Waals surface area contributed by atoms with Crippen molar-refractivity contribution < 1.29 is 14.0 Å². The summed E-state index contributed by atoms with van der Waals surface area (Å²) in [6.45, 7) is 1.09. The molecule has 1 atom stereocenters. The predicted octanol–water partition coefficient (Wildman–Crippen LogP) is 3.41. The van der Waals surface area contributed by atoms with Gasteiger partial charge in [-0.05, 0) is 42.5 Å². The van der Waals surface area contributed by atoms with Crippen LogP contribution in [0.3, 0.4) is 0 Å². The number of rotatable bonds is 2. The Kier molecular flexibility index (Phi) is 3.99. The molecule has 1 N–H and O–H groups in total. The van der Waals surface area contributed by atoms with Gasteiger partial charge in [-0.3, -0.25) is 9.59 Å². The van der Waals surface area contributed by atoms with Crippen molar-refractivity contribution in [3.8, 4) is 0 Å². The van der Waals surface area contributed by atoms with E-state index in [1.807, 2.05) is 24.3 Å². The molecular weight excluding hydrogens is 319 g/mol. The zero-order valence-corrected chi connectivity index (χ0v) is 13.7. The van der Waals surface area contributed by atoms with Crippen LogP contribution in [0.1, 0.15) is 34.7 Å². The van der Waals surface area contributed by atoms with Gasteiger partial charge in [-0.25, -0.2) is 4.39 Å². The van der Waals surface area contributed by atoms with E-state index in [2.05, 4.69) is 5.32 Å². The first kappa shape index (κ1) is 15.8. The molecule has 2 amide bonds. The van der Waals surface area contributed by atoms with Gasteiger partial charge in [0.25, 0.3) is 5.91 Å². The van der Waals surface area contributed by atoms with Gasteiger partial charge in [-0.2, -0.15) is 0 Å². The molecule has 4 nitrogen and oxygen atoms in total. The van der Waals surface area contributed by atoms with E-state index in [1.54, 1.807) is 17.0 Å². The molecule has 5 heteroatoms. The standard InChI is InChI=1S/C20H19FN2O2/c21-16-7-3-1-5-14(16)20(25)23-11-9-13(10-12-23)18-15-6-2-4-8-17(15)22-19(18)24/h1-8,13,18H,9-12H2,(H,22,24). The van der Waals surface area contributed by atoms with Gasteiger partial charge in [0.15, 0.2) is 0 Å². The molecule has 2 aromatic rings. The molecule has 0 aliphatic carbocycles. The third-order valence-electron chi connectivity index (χ3n) is 5.24. The summed E-state index contributed by atoms with van der Waals surface area (Å²) in [4.78, 5) is 26.6. The van der Waals surface area contributed by atoms with Crippen molar-refractivity contribution in [1.82, 2.24) is 4.90 Å². The Morgan fingerprint density at radius 2 is 1.72 bits per heavy atom. The van der Waals surface area contributed by atoms with E-state index in [9.17, 15) is 14.0 Å². The first-order valence-corrected chi connectivity index (χ1v) is 8.59. The molecular formula is C20H19FN2O2. The van der Waals surface area contributed by atoms with Crippen LogP contribution in [0.15, 0.2) is 48.5 Å². The van der Waals surface area contributed by atoms with E-state index in [-0.39, 0.29) is 29.2 Å². The Labute approximate surface area is 145 Å². The number of nitrogens with one attached hydrogen (secondary N) is 1. The fraction of sp³-hybridized carbons (Fsp3) is 0.300. The smallest absolute Gasteiger partial charge is 0.256 e. The summed E-state index contributed by atoms with van der Waals surface area (Å²) in [6.07, 6.45) is 1.49. The number of carbonyl (C=O) groups is 2. The number of piperidine rings is 1. The molecule has 0 saturated carbocycles. The predicted molar refractivity (Wildman–Crippen MR) is 92.8 cm³/mol. The van der Waals surface area contributed by atoms with Crippen LogP contribution in [0.5, 0.6) is 0 Å². The van der Waals surface area contributed by atoms with Crippen molar-refractivity contribution in [1.29, 1.82) is 0 Å². The molecule has 1 unspecified atom stereocenters. The summed E-state index contributed by atoms with van der Waals surface area (Å²) >= 11 is 0. The van der Waals surface area contributed by atoms with Crippen LogP contribution in [0.4, 0.5) is 10.1 Å². The third-order valence-corrected chi connectivity index (χ3v) is 5.24. The van der Waals surface area contributed by atoms with Gasteiger partial charge >= 0.3 is 0 Å². The minimum atomic E-state index is -0.487. The minimum absolute atomic E-state index is 0.0417. The van der Waals surface area contributed by atoms with E-state index in [1.165, 1.54) is 12.1 Å². The number of anilines is 1. The van der Waals surface area contributed by atoms with Crippen molar-refractivity contribution in [3.63, 3.8) is 0 Å². The molecule has 1 saturated heterocycles. The van der Waals surface area contributed by atoms with Crippen LogP contribution in [-0.4, -0.2) is 29.8 Å². The topological polar surface area (TPSA) is 49.4 Å². The van der Waals surface area contributed by atoms with Gasteiger partial charge < -0.3 is 10.2 Å². The first-order chi connectivity index (χ1) is 12.1. The molecule has 2 aliphatic rings. The normalized spacial score (nSPS) is 20.3. The van der Waals surface area contributed by atoms with Crippen LogP contribution in [0.25, 0.3) is 0 Å². The Morgan fingerprint density at radius 1 is 1.04 bits per heavy atom. The van der Waals surface area contributed by atoms with E-state index in [0.29, 0.717) is 13.1 Å². The van der Waals surface area contributed by atoms with Crippen LogP contribution < -0.4 is 5.32 Å². The van der Waals surface area contributed by atoms with Crippen LogP contribution in [-0.2, 0) is 4.79 Å². The third kappa shape index (κ3) is 2.80. The molecule has 0 spiro atoms. The number of carbonyl (C=O) groups excluding carboxylic acids is 2. The molecule has 2 heterocycles. The van der Waals surface area contributed by atoms with Gasteiger partial charge in [0, 0.05) is 18.8 Å². The average molecular weight is 338 g/mol. The lowest BCUT2D eigenvalue weighted by Gasteiger charge is -2.34. The second kappa shape index (κ2) is 6.31. The van der Waals surface area contributed by atoms with Crippen molar-refractivity contribution in [2.24, 2.45) is 5.92 Å². The van der Waals surface area contributed by atoms with E-state index >= 15 is 0 Å². The maximum atomic E-state index is 13.8. The minimum Gasteiger partial charge on any atom is -0.339 e. The lowest BCUT2D eigenvalue weighted by atomic mass is 9.80. The molecule has 25 heavy (non-hydrogen) atoms. The van der Waals surface area contributed by atoms with Gasteiger partial charge in [0.2, 0.25) is 5.91 Å². The second-order valence-electron chi connectivity index (χ2n) is 6.66. The number of para-hydroxylation sites is 1. The number of hydrogen-bond acceptors (Lipinski definition) is 2. The number of likely N-dealkylation sites (tertiary alicyclic amines) is 1. The van der Waals surface area contributed by atoms with Crippen molar-refractivity contribution in [2.75, 3.05) is 18.4 Å². The van der Waals surface area contributed by atoms with Gasteiger partial charge in [-0.1, -0.05) is 30.3 Å². The van der Waals surface area contributed by atoms with Gasteiger partial charge in [-0.15, -0.1) is 0 Å². The zero-order valence-electron chi connectivity index (χ0n) is 13.7. The summed E-state index contributed by atoms with van der Waals surface area (Å²) in [5.74, 6) is -0.665. The summed E-state index contributed by atoms with van der Waals surface area (Å²) in [6, 6.07) is 13.8. The molecule has 4 rings (SSSR count). The molecule has 0 radical (unpaired) electrons. The van der Waals surface area contributed by atoms with Crippen molar-refractivity contribution in [3.05, 3.63) is 65.5 Å². The van der Waals surface area contributed by atoms with E-state index < -0.39 is 5.82 Å². The molecule has 128 valence electrons. The highest BCUT2D eigenvalue weighted by Crippen LogP contribution is 2.41. The second-order valence-corrected chi connectivity index (χ2v) is 6.66. The molecule has 2 aliphatic heterocycles. The fourth-order valence-corrected chi connectivity index (χ4v) is 3.94. The lowest BCUT2D eigenvalue weighted by molar-refractivity contribution is -0.118. The number of fused-ring (bicyclic) bond motifs is 1. The van der Waals surface area contributed by atoms with Crippen LogP contribution in [0, 0.1) is 11.7 Å². The Bertz CT molecular complexity index is 828. The van der Waals surface area contributed by atoms with Crippen LogP contribution >= 0.6 is 0 Å². The average Bonchev–Trinajstić information content (AvgIpc) is 2.97. The van der Waals surface area contributed by atoms with E-state index in [0.717, 1.165) is 24.1 Å². The molecule has 1 fully saturated rings. The summed E-state index contributed by atoms with van der Waals surface area (Å²) in [7, 11) is 0. The number of benzene rings is 2. The zero-order chi connectivity index (χ0) is 17.4. The molecule has 0 aromatic heterocycles. The quantitative estimate of drug-likeness (QED) is 0.912. The molecule has 0 bridgehead atoms. The Morgan fingerprint density at radius 3 is 2.48 bits per heavy atom. The summed E-state index contributed by atoms with van der Waals surface area (Å²) in [5, 5.41) is 2.94. The first-order valence-electron chi connectivity index (χ1n) is 8.59. The number of hydrogen-bond donors (Lipinski definition) is 1. The highest BCUT2D eigenvalue weighted by molar-refractivity contribution is 6.03. The van der Waals surface area contributed by atoms with E-state index in [4.69, 9.17) is 0 Å².